The molecule has 0 aliphatic carbocycles. The second-order valence-corrected chi connectivity index (χ2v) is 3.27. The SMILES string of the molecule is Cc1ccccc1C(C)CCO. The monoisotopic (exact) mass is 164 g/mol. The van der Waals surface area contributed by atoms with Gasteiger partial charge in [-0.1, -0.05) is 31.2 Å². The highest BCUT2D eigenvalue weighted by molar-refractivity contribution is 5.28. The standard InChI is InChI=1S/C11H16O/c1-9-5-3-4-6-11(9)10(2)7-8-12/h3-6,10,12H,7-8H2,1-2H3. The normalized spacial score (nSPS) is 12.9. The zero-order chi connectivity index (χ0) is 8.97. The van der Waals surface area contributed by atoms with Crippen molar-refractivity contribution in [1.29, 1.82) is 0 Å². The molecule has 0 saturated heterocycles. The van der Waals surface area contributed by atoms with E-state index in [9.17, 15) is 0 Å². The second-order valence-electron chi connectivity index (χ2n) is 3.27. The van der Waals surface area contributed by atoms with Gasteiger partial charge in [-0.25, -0.2) is 0 Å². The molecule has 0 bridgehead atoms. The first-order valence-corrected chi connectivity index (χ1v) is 4.42. The molecule has 0 aliphatic heterocycles. The minimum atomic E-state index is 0.273. The lowest BCUT2D eigenvalue weighted by Gasteiger charge is -2.12. The minimum Gasteiger partial charge on any atom is -0.396 e. The third-order valence-corrected chi connectivity index (χ3v) is 2.28. The Hall–Kier alpha value is -0.820. The summed E-state index contributed by atoms with van der Waals surface area (Å²) >= 11 is 0. The molecular weight excluding hydrogens is 148 g/mol. The van der Waals surface area contributed by atoms with Gasteiger partial charge in [0.15, 0.2) is 0 Å². The van der Waals surface area contributed by atoms with Gasteiger partial charge in [0.2, 0.25) is 0 Å². The third kappa shape index (κ3) is 2.08. The van der Waals surface area contributed by atoms with Crippen molar-refractivity contribution in [3.8, 4) is 0 Å². The first kappa shape index (κ1) is 9.27. The summed E-state index contributed by atoms with van der Waals surface area (Å²) < 4.78 is 0. The van der Waals surface area contributed by atoms with Gasteiger partial charge in [-0.05, 0) is 30.4 Å². The fraction of sp³-hybridized carbons (Fsp3) is 0.455. The van der Waals surface area contributed by atoms with Crippen molar-refractivity contribution in [3.63, 3.8) is 0 Å². The van der Waals surface area contributed by atoms with Crippen LogP contribution >= 0.6 is 0 Å². The van der Waals surface area contributed by atoms with Gasteiger partial charge >= 0.3 is 0 Å². The van der Waals surface area contributed by atoms with E-state index in [-0.39, 0.29) is 6.61 Å². The van der Waals surface area contributed by atoms with Crippen LogP contribution in [0.1, 0.15) is 30.4 Å². The number of hydrogen-bond acceptors (Lipinski definition) is 1. The molecule has 0 aliphatic rings. The smallest absolute Gasteiger partial charge is 0.0436 e. The molecule has 0 radical (unpaired) electrons. The van der Waals surface area contributed by atoms with Crippen molar-refractivity contribution >= 4 is 0 Å². The highest BCUT2D eigenvalue weighted by atomic mass is 16.3. The molecule has 1 nitrogen and oxygen atoms in total. The van der Waals surface area contributed by atoms with Crippen LogP contribution < -0.4 is 0 Å². The Morgan fingerprint density at radius 2 is 2.00 bits per heavy atom. The maximum absolute atomic E-state index is 8.79. The van der Waals surface area contributed by atoms with Crippen molar-refractivity contribution in [3.05, 3.63) is 35.4 Å². The molecule has 0 spiro atoms. The van der Waals surface area contributed by atoms with Gasteiger partial charge in [-0.2, -0.15) is 0 Å². The fourth-order valence-corrected chi connectivity index (χ4v) is 1.49. The quantitative estimate of drug-likeness (QED) is 0.727. The maximum atomic E-state index is 8.79. The van der Waals surface area contributed by atoms with E-state index in [0.29, 0.717) is 5.92 Å². The van der Waals surface area contributed by atoms with E-state index < -0.39 is 0 Å². The Morgan fingerprint density at radius 1 is 1.33 bits per heavy atom. The van der Waals surface area contributed by atoms with Crippen molar-refractivity contribution < 1.29 is 5.11 Å². The summed E-state index contributed by atoms with van der Waals surface area (Å²) in [6.07, 6.45) is 0.852. The average Bonchev–Trinajstić information content (AvgIpc) is 2.05. The Morgan fingerprint density at radius 3 is 2.58 bits per heavy atom. The van der Waals surface area contributed by atoms with Crippen LogP contribution in [0.25, 0.3) is 0 Å². The predicted octanol–water partition coefficient (Wildman–Crippen LogP) is 2.48. The van der Waals surface area contributed by atoms with E-state index in [4.69, 9.17) is 5.11 Å². The maximum Gasteiger partial charge on any atom is 0.0436 e. The summed E-state index contributed by atoms with van der Waals surface area (Å²) in [6, 6.07) is 8.35. The summed E-state index contributed by atoms with van der Waals surface area (Å²) in [7, 11) is 0. The highest BCUT2D eigenvalue weighted by Crippen LogP contribution is 2.21. The van der Waals surface area contributed by atoms with Crippen LogP contribution in [0, 0.1) is 6.92 Å². The molecule has 1 rings (SSSR count). The highest BCUT2D eigenvalue weighted by Gasteiger charge is 2.05. The molecule has 0 aromatic heterocycles. The molecule has 1 atom stereocenters. The van der Waals surface area contributed by atoms with Gasteiger partial charge in [0.1, 0.15) is 0 Å². The van der Waals surface area contributed by atoms with Crippen molar-refractivity contribution in [1.82, 2.24) is 0 Å². The van der Waals surface area contributed by atoms with Crippen LogP contribution in [-0.4, -0.2) is 11.7 Å². The molecule has 0 heterocycles. The number of hydrogen-bond donors (Lipinski definition) is 1. The van der Waals surface area contributed by atoms with Gasteiger partial charge in [0.05, 0.1) is 0 Å². The topological polar surface area (TPSA) is 20.2 Å². The second kappa shape index (κ2) is 4.27. The molecule has 1 unspecified atom stereocenters. The molecular formula is C11H16O. The molecule has 0 amide bonds. The van der Waals surface area contributed by atoms with Crippen LogP contribution in [0.15, 0.2) is 24.3 Å². The summed E-state index contributed by atoms with van der Waals surface area (Å²) in [5.41, 5.74) is 2.67. The molecule has 1 aromatic carbocycles. The van der Waals surface area contributed by atoms with Crippen molar-refractivity contribution in [2.24, 2.45) is 0 Å². The van der Waals surface area contributed by atoms with Crippen LogP contribution in [0.5, 0.6) is 0 Å². The Kier molecular flexibility index (Phi) is 3.30. The third-order valence-electron chi connectivity index (χ3n) is 2.28. The zero-order valence-corrected chi connectivity index (χ0v) is 7.75. The zero-order valence-electron chi connectivity index (χ0n) is 7.75. The Labute approximate surface area is 74.1 Å². The average molecular weight is 164 g/mol. The van der Waals surface area contributed by atoms with Crippen LogP contribution in [-0.2, 0) is 0 Å². The fourth-order valence-electron chi connectivity index (χ4n) is 1.49. The van der Waals surface area contributed by atoms with Gasteiger partial charge in [-0.3, -0.25) is 0 Å². The minimum absolute atomic E-state index is 0.273. The number of aryl methyl sites for hydroxylation is 1. The van der Waals surface area contributed by atoms with E-state index in [1.54, 1.807) is 0 Å². The summed E-state index contributed by atoms with van der Waals surface area (Å²) in [4.78, 5) is 0. The molecule has 0 saturated carbocycles. The van der Waals surface area contributed by atoms with E-state index >= 15 is 0 Å². The van der Waals surface area contributed by atoms with Gasteiger partial charge in [0.25, 0.3) is 0 Å². The molecule has 12 heavy (non-hydrogen) atoms. The number of aliphatic hydroxyl groups excluding tert-OH is 1. The lowest BCUT2D eigenvalue weighted by atomic mass is 9.94. The largest absolute Gasteiger partial charge is 0.396 e. The Balaban J connectivity index is 2.79. The first-order chi connectivity index (χ1) is 5.75. The van der Waals surface area contributed by atoms with E-state index in [2.05, 4.69) is 32.0 Å². The molecule has 1 heteroatoms. The van der Waals surface area contributed by atoms with Crippen LogP contribution in [0.2, 0.25) is 0 Å². The Bertz CT molecular complexity index is 243. The van der Waals surface area contributed by atoms with Crippen molar-refractivity contribution in [2.75, 3.05) is 6.61 Å². The van der Waals surface area contributed by atoms with E-state index in [1.807, 2.05) is 6.07 Å². The van der Waals surface area contributed by atoms with Crippen LogP contribution in [0.3, 0.4) is 0 Å². The molecule has 0 fully saturated rings. The number of aliphatic hydroxyl groups is 1. The van der Waals surface area contributed by atoms with Crippen LogP contribution in [0.4, 0.5) is 0 Å². The molecule has 1 aromatic rings. The summed E-state index contributed by atoms with van der Waals surface area (Å²) in [6.45, 7) is 4.54. The first-order valence-electron chi connectivity index (χ1n) is 4.42. The lowest BCUT2D eigenvalue weighted by molar-refractivity contribution is 0.278. The lowest BCUT2D eigenvalue weighted by Crippen LogP contribution is -1.98. The van der Waals surface area contributed by atoms with Gasteiger partial charge in [0, 0.05) is 6.61 Å². The number of benzene rings is 1. The van der Waals surface area contributed by atoms with Crippen molar-refractivity contribution in [2.45, 2.75) is 26.2 Å². The molecule has 66 valence electrons. The number of rotatable bonds is 3. The van der Waals surface area contributed by atoms with E-state index in [0.717, 1.165) is 6.42 Å². The summed E-state index contributed by atoms with van der Waals surface area (Å²) in [5, 5.41) is 8.79. The predicted molar refractivity (Wildman–Crippen MR) is 51.3 cm³/mol. The van der Waals surface area contributed by atoms with Gasteiger partial charge < -0.3 is 5.11 Å². The summed E-state index contributed by atoms with van der Waals surface area (Å²) in [5.74, 6) is 0.469. The molecule has 1 N–H and O–H groups in total. The van der Waals surface area contributed by atoms with Gasteiger partial charge in [-0.15, -0.1) is 0 Å². The van der Waals surface area contributed by atoms with E-state index in [1.165, 1.54) is 11.1 Å².